The summed E-state index contributed by atoms with van der Waals surface area (Å²) < 4.78 is 10.5. The number of carbonyl (C=O) groups excluding carboxylic acids is 3. The second-order valence-electron chi connectivity index (χ2n) is 7.97. The number of aliphatic hydroxyl groups excluding tert-OH is 1. The van der Waals surface area contributed by atoms with E-state index in [2.05, 4.69) is 0 Å². The van der Waals surface area contributed by atoms with E-state index < -0.39 is 53.5 Å². The van der Waals surface area contributed by atoms with Gasteiger partial charge in [-0.2, -0.15) is 0 Å². The molecule has 2 aliphatic rings. The standard InChI is InChI=1S/C19H29NO8/c1-11-9-19(26,12(2)21)17(24)28-14-6-8-20(4)7-5-13(15(14)22)10-27-16(23)18(11,3)25/h5,11-12,14,21,25-26H,6-10H2,1-4H3/t11-,12-,14-,18-,19+/m1/s1. The third kappa shape index (κ3) is 4.43. The number of cyclic esters (lactones) is 1. The average molecular weight is 399 g/mol. The average Bonchev–Trinajstić information content (AvgIpc) is 2.61. The summed E-state index contributed by atoms with van der Waals surface area (Å²) in [4.78, 5) is 39.9. The highest BCUT2D eigenvalue weighted by Gasteiger charge is 2.50. The van der Waals surface area contributed by atoms with Crippen LogP contribution in [0.4, 0.5) is 0 Å². The maximum atomic E-state index is 12.8. The Morgan fingerprint density at radius 3 is 2.50 bits per heavy atom. The Bertz CT molecular complexity index is 671. The number of ether oxygens (including phenoxy) is 2. The summed E-state index contributed by atoms with van der Waals surface area (Å²) in [7, 11) is 1.82. The molecule has 158 valence electrons. The van der Waals surface area contributed by atoms with Crippen LogP contribution < -0.4 is 0 Å². The van der Waals surface area contributed by atoms with Crippen molar-refractivity contribution in [1.82, 2.24) is 4.90 Å². The number of hydrogen-bond acceptors (Lipinski definition) is 9. The fourth-order valence-electron chi connectivity index (χ4n) is 3.19. The molecule has 1 saturated heterocycles. The van der Waals surface area contributed by atoms with E-state index in [0.29, 0.717) is 13.1 Å². The fourth-order valence-corrected chi connectivity index (χ4v) is 3.19. The maximum Gasteiger partial charge on any atom is 0.341 e. The van der Waals surface area contributed by atoms with Crippen LogP contribution in [-0.2, 0) is 23.9 Å². The second kappa shape index (κ2) is 8.28. The molecule has 0 radical (unpaired) electrons. The van der Waals surface area contributed by atoms with E-state index in [1.807, 2.05) is 11.9 Å². The molecule has 0 aromatic carbocycles. The van der Waals surface area contributed by atoms with Crippen LogP contribution in [0.5, 0.6) is 0 Å². The highest BCUT2D eigenvalue weighted by atomic mass is 16.6. The topological polar surface area (TPSA) is 134 Å². The molecule has 0 aromatic rings. The van der Waals surface area contributed by atoms with Gasteiger partial charge < -0.3 is 29.7 Å². The van der Waals surface area contributed by atoms with Gasteiger partial charge in [0, 0.05) is 25.1 Å². The zero-order valence-corrected chi connectivity index (χ0v) is 16.7. The summed E-state index contributed by atoms with van der Waals surface area (Å²) in [6, 6.07) is 0. The lowest BCUT2D eigenvalue weighted by atomic mass is 9.79. The Labute approximate surface area is 163 Å². The van der Waals surface area contributed by atoms with Gasteiger partial charge in [0.1, 0.15) is 6.61 Å². The molecule has 5 atom stereocenters. The molecule has 0 aromatic heterocycles. The van der Waals surface area contributed by atoms with Crippen molar-refractivity contribution >= 4 is 17.7 Å². The number of nitrogens with zero attached hydrogens (tertiary/aromatic N) is 1. The minimum atomic E-state index is -2.40. The van der Waals surface area contributed by atoms with E-state index in [0.717, 1.165) is 0 Å². The highest BCUT2D eigenvalue weighted by molar-refractivity contribution is 6.01. The van der Waals surface area contributed by atoms with Crippen LogP contribution >= 0.6 is 0 Å². The molecule has 2 rings (SSSR count). The van der Waals surface area contributed by atoms with Crippen LogP contribution in [-0.4, -0.2) is 88.1 Å². The van der Waals surface area contributed by atoms with E-state index in [1.165, 1.54) is 20.8 Å². The van der Waals surface area contributed by atoms with E-state index in [-0.39, 0.29) is 18.6 Å². The number of esters is 2. The number of fused-ring (bicyclic) bond motifs is 2. The first-order valence-electron chi connectivity index (χ1n) is 9.32. The molecule has 2 aliphatic heterocycles. The van der Waals surface area contributed by atoms with E-state index >= 15 is 0 Å². The van der Waals surface area contributed by atoms with Crippen LogP contribution in [0, 0.1) is 5.92 Å². The van der Waals surface area contributed by atoms with E-state index in [1.54, 1.807) is 6.08 Å². The first-order valence-corrected chi connectivity index (χ1v) is 9.32. The van der Waals surface area contributed by atoms with Gasteiger partial charge in [-0.25, -0.2) is 9.59 Å². The third-order valence-corrected chi connectivity index (χ3v) is 5.67. The van der Waals surface area contributed by atoms with Gasteiger partial charge in [0.2, 0.25) is 5.78 Å². The lowest BCUT2D eigenvalue weighted by Crippen LogP contribution is -2.56. The predicted molar refractivity (Wildman–Crippen MR) is 97.1 cm³/mol. The number of carbonyl (C=O) groups is 3. The van der Waals surface area contributed by atoms with Crippen molar-refractivity contribution in [2.75, 3.05) is 26.7 Å². The molecule has 2 heterocycles. The molecule has 9 heteroatoms. The Morgan fingerprint density at radius 2 is 1.89 bits per heavy atom. The summed E-state index contributed by atoms with van der Waals surface area (Å²) in [6.07, 6.45) is -1.43. The number of Topliss-reactive ketones (excluding diaryl/α,β-unsaturated/α-hetero) is 1. The monoisotopic (exact) mass is 399 g/mol. The van der Waals surface area contributed by atoms with Crippen LogP contribution in [0.3, 0.4) is 0 Å². The number of ketones is 1. The normalized spacial score (nSPS) is 37.4. The lowest BCUT2D eigenvalue weighted by molar-refractivity contribution is -0.194. The van der Waals surface area contributed by atoms with Gasteiger partial charge in [-0.3, -0.25) is 4.79 Å². The molecular formula is C19H29NO8. The van der Waals surface area contributed by atoms with Gasteiger partial charge in [-0.1, -0.05) is 13.0 Å². The van der Waals surface area contributed by atoms with Crippen LogP contribution in [0.1, 0.15) is 33.6 Å². The lowest BCUT2D eigenvalue weighted by Gasteiger charge is -2.37. The molecule has 1 fully saturated rings. The molecule has 0 amide bonds. The molecule has 3 N–H and O–H groups in total. The Morgan fingerprint density at radius 1 is 1.25 bits per heavy atom. The largest absolute Gasteiger partial charge is 0.459 e. The number of rotatable bonds is 1. The number of likely N-dealkylation sites (N-methyl/N-ethyl adjacent to an activating group) is 1. The molecule has 0 aliphatic carbocycles. The zero-order valence-electron chi connectivity index (χ0n) is 16.7. The minimum Gasteiger partial charge on any atom is -0.459 e. The summed E-state index contributed by atoms with van der Waals surface area (Å²) in [5.74, 6) is -3.63. The molecule has 9 nitrogen and oxygen atoms in total. The Hall–Kier alpha value is -1.81. The first kappa shape index (κ1) is 22.5. The quantitative estimate of drug-likeness (QED) is 0.483. The van der Waals surface area contributed by atoms with Crippen molar-refractivity contribution in [2.45, 2.75) is 57.0 Å². The zero-order chi connectivity index (χ0) is 21.3. The summed E-state index contributed by atoms with van der Waals surface area (Å²) >= 11 is 0. The maximum absolute atomic E-state index is 12.8. The van der Waals surface area contributed by atoms with Crippen LogP contribution in [0.15, 0.2) is 11.6 Å². The van der Waals surface area contributed by atoms with Crippen molar-refractivity contribution in [3.8, 4) is 0 Å². The number of hydrogen-bond donors (Lipinski definition) is 3. The molecule has 28 heavy (non-hydrogen) atoms. The molecule has 0 spiro atoms. The second-order valence-corrected chi connectivity index (χ2v) is 7.97. The van der Waals surface area contributed by atoms with Crippen molar-refractivity contribution in [1.29, 1.82) is 0 Å². The smallest absolute Gasteiger partial charge is 0.341 e. The Balaban J connectivity index is 2.50. The summed E-state index contributed by atoms with van der Waals surface area (Å²) in [5.41, 5.74) is -4.31. The molecule has 0 saturated carbocycles. The summed E-state index contributed by atoms with van der Waals surface area (Å²) in [5, 5.41) is 31.5. The van der Waals surface area contributed by atoms with Gasteiger partial charge >= 0.3 is 11.9 Å². The van der Waals surface area contributed by atoms with Crippen molar-refractivity contribution in [3.63, 3.8) is 0 Å². The van der Waals surface area contributed by atoms with Gasteiger partial charge in [-0.15, -0.1) is 0 Å². The fraction of sp³-hybridized carbons (Fsp3) is 0.737. The highest BCUT2D eigenvalue weighted by Crippen LogP contribution is 2.32. The minimum absolute atomic E-state index is 0.141. The summed E-state index contributed by atoms with van der Waals surface area (Å²) in [6.45, 7) is 4.39. The van der Waals surface area contributed by atoms with Gasteiger partial charge in [0.15, 0.2) is 17.3 Å². The number of aliphatic hydroxyl groups is 3. The SMILES string of the molecule is C[C@@H]1C[C@](O)([C@@H](C)O)C(=O)O[C@@H]2CCN(C)CC=C(COC(=O)[C@]1(C)O)C2=O. The van der Waals surface area contributed by atoms with E-state index in [9.17, 15) is 29.7 Å². The van der Waals surface area contributed by atoms with Gasteiger partial charge in [-0.05, 0) is 33.2 Å². The van der Waals surface area contributed by atoms with Crippen LogP contribution in [0.2, 0.25) is 0 Å². The van der Waals surface area contributed by atoms with Crippen LogP contribution in [0.25, 0.3) is 0 Å². The van der Waals surface area contributed by atoms with Crippen molar-refractivity contribution in [2.24, 2.45) is 5.92 Å². The molecular weight excluding hydrogens is 370 g/mol. The third-order valence-electron chi connectivity index (χ3n) is 5.67. The van der Waals surface area contributed by atoms with Gasteiger partial charge in [0.05, 0.1) is 6.10 Å². The van der Waals surface area contributed by atoms with Crippen molar-refractivity contribution in [3.05, 3.63) is 11.6 Å². The Kier molecular flexibility index (Phi) is 6.65. The first-order chi connectivity index (χ1) is 12.9. The van der Waals surface area contributed by atoms with Crippen molar-refractivity contribution < 1.29 is 39.2 Å². The van der Waals surface area contributed by atoms with Gasteiger partial charge in [0.25, 0.3) is 0 Å². The predicted octanol–water partition coefficient (Wildman–Crippen LogP) is -0.825. The molecule has 0 unspecified atom stereocenters. The molecule has 2 bridgehead atoms. The van der Waals surface area contributed by atoms with E-state index in [4.69, 9.17) is 9.47 Å².